The van der Waals surface area contributed by atoms with Gasteiger partial charge in [-0.3, -0.25) is 4.79 Å². The molecule has 29 heavy (non-hydrogen) atoms. The fraction of sp³-hybridized carbons (Fsp3) is 0.130. The highest BCUT2D eigenvalue weighted by molar-refractivity contribution is 6.30. The van der Waals surface area contributed by atoms with Crippen LogP contribution in [0.4, 0.5) is 5.69 Å². The van der Waals surface area contributed by atoms with Crippen molar-refractivity contribution in [3.63, 3.8) is 0 Å². The number of rotatable bonds is 6. The molecular weight excluding hydrogens is 388 g/mol. The molecular formula is C23H19ClN2O3. The third-order valence-electron chi connectivity index (χ3n) is 4.42. The van der Waals surface area contributed by atoms with Gasteiger partial charge in [-0.15, -0.1) is 0 Å². The van der Waals surface area contributed by atoms with Crippen LogP contribution < -0.4 is 10.1 Å². The molecule has 0 saturated heterocycles. The van der Waals surface area contributed by atoms with Gasteiger partial charge < -0.3 is 14.5 Å². The summed E-state index contributed by atoms with van der Waals surface area (Å²) in [5.41, 5.74) is 3.85. The predicted molar refractivity (Wildman–Crippen MR) is 114 cm³/mol. The molecule has 0 spiro atoms. The van der Waals surface area contributed by atoms with Gasteiger partial charge in [-0.1, -0.05) is 36.7 Å². The van der Waals surface area contributed by atoms with Crippen molar-refractivity contribution in [2.75, 3.05) is 11.9 Å². The van der Waals surface area contributed by atoms with Gasteiger partial charge in [0.1, 0.15) is 11.3 Å². The lowest BCUT2D eigenvalue weighted by Gasteiger charge is -2.08. The van der Waals surface area contributed by atoms with Crippen molar-refractivity contribution < 1.29 is 13.9 Å². The molecule has 1 amide bonds. The highest BCUT2D eigenvalue weighted by Crippen LogP contribution is 2.27. The summed E-state index contributed by atoms with van der Waals surface area (Å²) < 4.78 is 11.4. The lowest BCUT2D eigenvalue weighted by atomic mass is 10.2. The van der Waals surface area contributed by atoms with E-state index in [1.807, 2.05) is 36.4 Å². The second-order valence-corrected chi connectivity index (χ2v) is 6.99. The van der Waals surface area contributed by atoms with Crippen molar-refractivity contribution in [3.8, 4) is 17.2 Å². The summed E-state index contributed by atoms with van der Waals surface area (Å²) in [4.78, 5) is 16.7. The van der Waals surface area contributed by atoms with E-state index in [4.69, 9.17) is 20.8 Å². The van der Waals surface area contributed by atoms with Crippen molar-refractivity contribution in [2.24, 2.45) is 0 Å². The number of oxazole rings is 1. The number of carbonyl (C=O) groups is 1. The highest BCUT2D eigenvalue weighted by Gasteiger charge is 2.11. The second kappa shape index (κ2) is 8.37. The summed E-state index contributed by atoms with van der Waals surface area (Å²) in [5, 5.41) is 3.43. The van der Waals surface area contributed by atoms with Crippen LogP contribution >= 0.6 is 11.6 Å². The summed E-state index contributed by atoms with van der Waals surface area (Å²) in [5.74, 6) is 0.905. The SMILES string of the molecule is CCc1cccc(OCC(=O)Nc2ccc3nc(-c4cccc(Cl)c4)oc3c2)c1. The first-order valence-electron chi connectivity index (χ1n) is 9.29. The van der Waals surface area contributed by atoms with E-state index in [1.165, 1.54) is 0 Å². The first-order chi connectivity index (χ1) is 14.1. The van der Waals surface area contributed by atoms with E-state index in [-0.39, 0.29) is 12.5 Å². The van der Waals surface area contributed by atoms with E-state index in [0.717, 1.165) is 17.5 Å². The van der Waals surface area contributed by atoms with Crippen molar-refractivity contribution in [2.45, 2.75) is 13.3 Å². The maximum atomic E-state index is 12.2. The largest absolute Gasteiger partial charge is 0.484 e. The molecule has 0 aliphatic rings. The Balaban J connectivity index is 1.44. The maximum absolute atomic E-state index is 12.2. The van der Waals surface area contributed by atoms with Crippen LogP contribution in [-0.4, -0.2) is 17.5 Å². The van der Waals surface area contributed by atoms with Crippen LogP contribution in [0.3, 0.4) is 0 Å². The molecule has 4 rings (SSSR count). The molecule has 0 atom stereocenters. The monoisotopic (exact) mass is 406 g/mol. The number of nitrogens with zero attached hydrogens (tertiary/aromatic N) is 1. The Morgan fingerprint density at radius 1 is 1.10 bits per heavy atom. The molecule has 0 fully saturated rings. The van der Waals surface area contributed by atoms with Crippen molar-refractivity contribution in [1.29, 1.82) is 0 Å². The first-order valence-corrected chi connectivity index (χ1v) is 9.66. The summed E-state index contributed by atoms with van der Waals surface area (Å²) >= 11 is 6.04. The van der Waals surface area contributed by atoms with Crippen LogP contribution in [0, 0.1) is 0 Å². The third kappa shape index (κ3) is 4.58. The minimum atomic E-state index is -0.249. The summed E-state index contributed by atoms with van der Waals surface area (Å²) in [7, 11) is 0. The van der Waals surface area contributed by atoms with Gasteiger partial charge in [0.05, 0.1) is 0 Å². The van der Waals surface area contributed by atoms with E-state index >= 15 is 0 Å². The van der Waals surface area contributed by atoms with Crippen LogP contribution in [0.15, 0.2) is 71.1 Å². The topological polar surface area (TPSA) is 64.4 Å². The molecule has 0 saturated carbocycles. The van der Waals surface area contributed by atoms with Gasteiger partial charge in [-0.25, -0.2) is 4.98 Å². The molecule has 0 unspecified atom stereocenters. The number of halogens is 1. The molecule has 6 heteroatoms. The normalized spacial score (nSPS) is 10.8. The molecule has 5 nitrogen and oxygen atoms in total. The van der Waals surface area contributed by atoms with E-state index in [0.29, 0.717) is 33.4 Å². The Morgan fingerprint density at radius 2 is 1.97 bits per heavy atom. The predicted octanol–water partition coefficient (Wildman–Crippen LogP) is 5.73. The van der Waals surface area contributed by atoms with E-state index in [9.17, 15) is 4.79 Å². The summed E-state index contributed by atoms with van der Waals surface area (Å²) in [6, 6.07) is 20.3. The zero-order valence-electron chi connectivity index (χ0n) is 15.8. The highest BCUT2D eigenvalue weighted by atomic mass is 35.5. The number of carbonyl (C=O) groups excluding carboxylic acids is 1. The number of anilines is 1. The van der Waals surface area contributed by atoms with E-state index in [2.05, 4.69) is 17.2 Å². The number of hydrogen-bond acceptors (Lipinski definition) is 4. The average Bonchev–Trinajstić information content (AvgIpc) is 3.16. The van der Waals surface area contributed by atoms with Crippen LogP contribution in [0.1, 0.15) is 12.5 Å². The number of ether oxygens (including phenoxy) is 1. The molecule has 3 aromatic carbocycles. The van der Waals surface area contributed by atoms with Crippen molar-refractivity contribution >= 4 is 34.3 Å². The smallest absolute Gasteiger partial charge is 0.262 e. The minimum absolute atomic E-state index is 0.0740. The van der Waals surface area contributed by atoms with Crippen LogP contribution in [-0.2, 0) is 11.2 Å². The Morgan fingerprint density at radius 3 is 2.79 bits per heavy atom. The van der Waals surface area contributed by atoms with Gasteiger partial charge >= 0.3 is 0 Å². The van der Waals surface area contributed by atoms with Gasteiger partial charge in [0.15, 0.2) is 12.2 Å². The summed E-state index contributed by atoms with van der Waals surface area (Å²) in [6.45, 7) is 2.00. The Kier molecular flexibility index (Phi) is 5.49. The van der Waals surface area contributed by atoms with Crippen LogP contribution in [0.2, 0.25) is 5.02 Å². The lowest BCUT2D eigenvalue weighted by Crippen LogP contribution is -2.20. The number of nitrogens with one attached hydrogen (secondary N) is 1. The van der Waals surface area contributed by atoms with Gasteiger partial charge in [0.25, 0.3) is 5.91 Å². The second-order valence-electron chi connectivity index (χ2n) is 6.55. The summed E-state index contributed by atoms with van der Waals surface area (Å²) in [6.07, 6.45) is 0.914. The average molecular weight is 407 g/mol. The molecule has 1 N–H and O–H groups in total. The Labute approximate surface area is 173 Å². The molecule has 0 aliphatic carbocycles. The molecule has 146 valence electrons. The number of hydrogen-bond donors (Lipinski definition) is 1. The number of benzene rings is 3. The van der Waals surface area contributed by atoms with E-state index < -0.39 is 0 Å². The minimum Gasteiger partial charge on any atom is -0.484 e. The molecule has 0 bridgehead atoms. The molecule has 0 aliphatic heterocycles. The fourth-order valence-corrected chi connectivity index (χ4v) is 3.14. The first kappa shape index (κ1) is 19.0. The number of fused-ring (bicyclic) bond motifs is 1. The van der Waals surface area contributed by atoms with E-state index in [1.54, 1.807) is 30.3 Å². The standard InChI is InChI=1S/C23H19ClN2O3/c1-2-15-5-3-8-19(11-15)28-14-22(27)25-18-9-10-20-21(13-18)29-23(26-20)16-6-4-7-17(24)12-16/h3-13H,2,14H2,1H3,(H,25,27). The number of aryl methyl sites for hydroxylation is 1. The third-order valence-corrected chi connectivity index (χ3v) is 4.66. The lowest BCUT2D eigenvalue weighted by molar-refractivity contribution is -0.118. The Hall–Kier alpha value is -3.31. The van der Waals surface area contributed by atoms with Crippen molar-refractivity contribution in [1.82, 2.24) is 4.98 Å². The van der Waals surface area contributed by atoms with Gasteiger partial charge in [-0.05, 0) is 54.4 Å². The molecule has 4 aromatic rings. The number of aromatic nitrogens is 1. The number of amides is 1. The maximum Gasteiger partial charge on any atom is 0.262 e. The zero-order chi connectivity index (χ0) is 20.2. The molecule has 1 aromatic heterocycles. The van der Waals surface area contributed by atoms with Gasteiger partial charge in [0, 0.05) is 22.3 Å². The van der Waals surface area contributed by atoms with Crippen LogP contribution in [0.25, 0.3) is 22.6 Å². The fourth-order valence-electron chi connectivity index (χ4n) is 2.95. The molecule has 1 heterocycles. The van der Waals surface area contributed by atoms with Crippen LogP contribution in [0.5, 0.6) is 5.75 Å². The van der Waals surface area contributed by atoms with Gasteiger partial charge in [-0.2, -0.15) is 0 Å². The molecule has 0 radical (unpaired) electrons. The quantitative estimate of drug-likeness (QED) is 0.444. The van der Waals surface area contributed by atoms with Crippen molar-refractivity contribution in [3.05, 3.63) is 77.3 Å². The van der Waals surface area contributed by atoms with Gasteiger partial charge in [0.2, 0.25) is 5.89 Å². The Bertz CT molecular complexity index is 1170. The zero-order valence-corrected chi connectivity index (χ0v) is 16.6.